The summed E-state index contributed by atoms with van der Waals surface area (Å²) in [4.78, 5) is 4.13. The maximum Gasteiger partial charge on any atom is 0.144 e. The molecule has 0 spiro atoms. The van der Waals surface area contributed by atoms with Gasteiger partial charge in [-0.2, -0.15) is 0 Å². The molecule has 1 heterocycles. The van der Waals surface area contributed by atoms with Gasteiger partial charge in [-0.3, -0.25) is 4.98 Å². The lowest BCUT2D eigenvalue weighted by Crippen LogP contribution is -2.14. The van der Waals surface area contributed by atoms with Crippen LogP contribution in [0.2, 0.25) is 0 Å². The van der Waals surface area contributed by atoms with Gasteiger partial charge < -0.3 is 5.73 Å². The second-order valence-electron chi connectivity index (χ2n) is 3.67. The monoisotopic (exact) mass is 216 g/mol. The first-order chi connectivity index (χ1) is 6.18. The SMILES string of the molecule is Cc1nc([C@H](N)C2CC2)ccc1F.Cl. The number of aromatic nitrogens is 1. The van der Waals surface area contributed by atoms with E-state index < -0.39 is 0 Å². The number of nitrogens with zero attached hydrogens (tertiary/aromatic N) is 1. The van der Waals surface area contributed by atoms with Crippen LogP contribution >= 0.6 is 12.4 Å². The molecular formula is C10H14ClFN2. The minimum absolute atomic E-state index is 0. The van der Waals surface area contributed by atoms with Gasteiger partial charge in [-0.15, -0.1) is 12.4 Å². The maximum atomic E-state index is 12.9. The van der Waals surface area contributed by atoms with Crippen molar-refractivity contribution < 1.29 is 4.39 Å². The third-order valence-corrected chi connectivity index (χ3v) is 2.51. The Morgan fingerprint density at radius 1 is 1.50 bits per heavy atom. The fourth-order valence-corrected chi connectivity index (χ4v) is 1.45. The van der Waals surface area contributed by atoms with Gasteiger partial charge in [-0.05, 0) is 37.8 Å². The zero-order chi connectivity index (χ0) is 9.42. The molecule has 1 aliphatic rings. The number of halogens is 2. The molecule has 0 amide bonds. The molecule has 14 heavy (non-hydrogen) atoms. The van der Waals surface area contributed by atoms with E-state index in [1.54, 1.807) is 13.0 Å². The molecule has 1 aromatic rings. The molecule has 2 N–H and O–H groups in total. The number of rotatable bonds is 2. The van der Waals surface area contributed by atoms with Crippen LogP contribution in [0.4, 0.5) is 4.39 Å². The van der Waals surface area contributed by atoms with Crippen molar-refractivity contribution in [3.05, 3.63) is 29.3 Å². The largest absolute Gasteiger partial charge is 0.322 e. The molecule has 2 rings (SSSR count). The molecule has 1 aliphatic carbocycles. The minimum Gasteiger partial charge on any atom is -0.322 e. The highest BCUT2D eigenvalue weighted by molar-refractivity contribution is 5.85. The van der Waals surface area contributed by atoms with Gasteiger partial charge in [-0.1, -0.05) is 0 Å². The summed E-state index contributed by atoms with van der Waals surface area (Å²) in [5.41, 5.74) is 7.19. The van der Waals surface area contributed by atoms with Crippen molar-refractivity contribution in [2.75, 3.05) is 0 Å². The summed E-state index contributed by atoms with van der Waals surface area (Å²) in [5, 5.41) is 0. The van der Waals surface area contributed by atoms with Crippen LogP contribution in [0.3, 0.4) is 0 Å². The normalized spacial score (nSPS) is 17.4. The van der Waals surface area contributed by atoms with Gasteiger partial charge >= 0.3 is 0 Å². The standard InChI is InChI=1S/C10H13FN2.ClH/c1-6-8(11)4-5-9(13-6)10(12)7-2-3-7;/h4-5,7,10H,2-3,12H2,1H3;1H/t10-;/m1./s1. The molecule has 4 heteroatoms. The summed E-state index contributed by atoms with van der Waals surface area (Å²) < 4.78 is 12.9. The fourth-order valence-electron chi connectivity index (χ4n) is 1.45. The van der Waals surface area contributed by atoms with Gasteiger partial charge in [0.15, 0.2) is 0 Å². The first kappa shape index (κ1) is 11.4. The van der Waals surface area contributed by atoms with Crippen molar-refractivity contribution in [3.8, 4) is 0 Å². The van der Waals surface area contributed by atoms with Crippen LogP contribution in [0, 0.1) is 18.7 Å². The molecule has 1 fully saturated rings. The molecule has 78 valence electrons. The van der Waals surface area contributed by atoms with Crippen LogP contribution < -0.4 is 5.73 Å². The average Bonchev–Trinajstić information content (AvgIpc) is 2.91. The average molecular weight is 217 g/mol. The number of hydrogen-bond donors (Lipinski definition) is 1. The maximum absolute atomic E-state index is 12.9. The van der Waals surface area contributed by atoms with Crippen LogP contribution in [-0.4, -0.2) is 4.98 Å². The predicted molar refractivity (Wildman–Crippen MR) is 55.8 cm³/mol. The molecule has 0 bridgehead atoms. The summed E-state index contributed by atoms with van der Waals surface area (Å²) in [6.07, 6.45) is 2.36. The highest BCUT2D eigenvalue weighted by Crippen LogP contribution is 2.38. The number of nitrogens with two attached hydrogens (primary N) is 1. The van der Waals surface area contributed by atoms with Gasteiger partial charge in [0, 0.05) is 6.04 Å². The molecule has 1 atom stereocenters. The van der Waals surface area contributed by atoms with Crippen LogP contribution in [0.1, 0.15) is 30.3 Å². The number of pyridine rings is 1. The van der Waals surface area contributed by atoms with E-state index in [-0.39, 0.29) is 24.3 Å². The van der Waals surface area contributed by atoms with E-state index >= 15 is 0 Å². The van der Waals surface area contributed by atoms with Crippen molar-refractivity contribution in [3.63, 3.8) is 0 Å². The zero-order valence-corrected chi connectivity index (χ0v) is 8.85. The van der Waals surface area contributed by atoms with E-state index in [0.717, 1.165) is 5.69 Å². The first-order valence-electron chi connectivity index (χ1n) is 4.57. The van der Waals surface area contributed by atoms with Gasteiger partial charge in [0.1, 0.15) is 5.82 Å². The molecule has 2 nitrogen and oxygen atoms in total. The fraction of sp³-hybridized carbons (Fsp3) is 0.500. The van der Waals surface area contributed by atoms with E-state index in [9.17, 15) is 4.39 Å². The van der Waals surface area contributed by atoms with Gasteiger partial charge in [-0.25, -0.2) is 4.39 Å². The number of hydrogen-bond acceptors (Lipinski definition) is 2. The molecule has 0 unspecified atom stereocenters. The molecule has 1 aromatic heterocycles. The Bertz CT molecular complexity index is 326. The number of aryl methyl sites for hydroxylation is 1. The van der Waals surface area contributed by atoms with Crippen LogP contribution in [-0.2, 0) is 0 Å². The molecule has 1 saturated carbocycles. The van der Waals surface area contributed by atoms with Gasteiger partial charge in [0.05, 0.1) is 11.4 Å². The highest BCUT2D eigenvalue weighted by Gasteiger charge is 2.30. The van der Waals surface area contributed by atoms with Crippen molar-refractivity contribution in [2.45, 2.75) is 25.8 Å². The summed E-state index contributed by atoms with van der Waals surface area (Å²) >= 11 is 0. The van der Waals surface area contributed by atoms with Gasteiger partial charge in [0.25, 0.3) is 0 Å². The predicted octanol–water partition coefficient (Wildman–Crippen LogP) is 2.36. The quantitative estimate of drug-likeness (QED) is 0.825. The van der Waals surface area contributed by atoms with Crippen molar-refractivity contribution in [1.29, 1.82) is 0 Å². The van der Waals surface area contributed by atoms with Crippen molar-refractivity contribution in [2.24, 2.45) is 11.7 Å². The van der Waals surface area contributed by atoms with Crippen molar-refractivity contribution >= 4 is 12.4 Å². The Hall–Kier alpha value is -0.670. The van der Waals surface area contributed by atoms with Crippen molar-refractivity contribution in [1.82, 2.24) is 4.98 Å². The highest BCUT2D eigenvalue weighted by atomic mass is 35.5. The Balaban J connectivity index is 0.000000980. The third kappa shape index (κ3) is 2.22. The van der Waals surface area contributed by atoms with E-state index in [0.29, 0.717) is 11.6 Å². The zero-order valence-electron chi connectivity index (χ0n) is 8.03. The lowest BCUT2D eigenvalue weighted by molar-refractivity contribution is 0.582. The Labute approximate surface area is 89.1 Å². The third-order valence-electron chi connectivity index (χ3n) is 2.51. The van der Waals surface area contributed by atoms with Crippen LogP contribution in [0.5, 0.6) is 0 Å². The lowest BCUT2D eigenvalue weighted by Gasteiger charge is -2.09. The summed E-state index contributed by atoms with van der Waals surface area (Å²) in [6.45, 7) is 1.67. The second kappa shape index (κ2) is 4.24. The minimum atomic E-state index is -0.258. The molecule has 0 radical (unpaired) electrons. The topological polar surface area (TPSA) is 38.9 Å². The van der Waals surface area contributed by atoms with Crippen LogP contribution in [0.15, 0.2) is 12.1 Å². The second-order valence-corrected chi connectivity index (χ2v) is 3.67. The Kier molecular flexibility index (Phi) is 3.45. The van der Waals surface area contributed by atoms with E-state index in [1.165, 1.54) is 18.9 Å². The first-order valence-corrected chi connectivity index (χ1v) is 4.57. The van der Waals surface area contributed by atoms with Gasteiger partial charge in [0.2, 0.25) is 0 Å². The molecule has 0 saturated heterocycles. The molecule has 0 aliphatic heterocycles. The van der Waals surface area contributed by atoms with E-state index in [2.05, 4.69) is 4.98 Å². The Morgan fingerprint density at radius 3 is 2.64 bits per heavy atom. The molecular weight excluding hydrogens is 203 g/mol. The smallest absolute Gasteiger partial charge is 0.144 e. The molecule has 0 aromatic carbocycles. The lowest BCUT2D eigenvalue weighted by atomic mass is 10.1. The Morgan fingerprint density at radius 2 is 2.14 bits per heavy atom. The summed E-state index contributed by atoms with van der Waals surface area (Å²) in [6, 6.07) is 3.13. The van der Waals surface area contributed by atoms with E-state index in [1.807, 2.05) is 0 Å². The summed E-state index contributed by atoms with van der Waals surface area (Å²) in [7, 11) is 0. The van der Waals surface area contributed by atoms with E-state index in [4.69, 9.17) is 5.73 Å². The summed E-state index contributed by atoms with van der Waals surface area (Å²) in [5.74, 6) is 0.309. The van der Waals surface area contributed by atoms with Crippen LogP contribution in [0.25, 0.3) is 0 Å².